The molecule has 0 amide bonds. The number of hydrogen-bond acceptors (Lipinski definition) is 3. The first-order chi connectivity index (χ1) is 13.3. The van der Waals surface area contributed by atoms with E-state index < -0.39 is 8.32 Å². The van der Waals surface area contributed by atoms with Gasteiger partial charge in [-0.1, -0.05) is 93.2 Å². The zero-order chi connectivity index (χ0) is 20.2. The molecule has 3 rings (SSSR count). The lowest BCUT2D eigenvalue weighted by atomic mass is 10.1. The number of carbonyl (C=O) groups is 1. The third kappa shape index (κ3) is 4.78. The van der Waals surface area contributed by atoms with Crippen molar-refractivity contribution in [3.05, 3.63) is 60.7 Å². The van der Waals surface area contributed by atoms with Crippen LogP contribution in [0.2, 0.25) is 5.04 Å². The third-order valence-corrected chi connectivity index (χ3v) is 11.7. The van der Waals surface area contributed by atoms with Gasteiger partial charge in [-0.2, -0.15) is 0 Å². The predicted octanol–water partition coefficient (Wildman–Crippen LogP) is 4.87. The highest BCUT2D eigenvalue weighted by molar-refractivity contribution is 8.13. The van der Waals surface area contributed by atoms with Crippen molar-refractivity contribution in [3.63, 3.8) is 0 Å². The molecule has 1 aliphatic carbocycles. The molecular weight excluding hydrogens is 380 g/mol. The molecule has 0 bridgehead atoms. The summed E-state index contributed by atoms with van der Waals surface area (Å²) in [6, 6.07) is 21.6. The molecule has 1 saturated carbocycles. The summed E-state index contributed by atoms with van der Waals surface area (Å²) in [5, 5.41) is 2.85. The van der Waals surface area contributed by atoms with Crippen molar-refractivity contribution in [1.82, 2.24) is 0 Å². The van der Waals surface area contributed by atoms with E-state index in [0.717, 1.165) is 12.4 Å². The largest absolute Gasteiger partial charge is 0.407 e. The molecular formula is C24H32O2SSi. The predicted molar refractivity (Wildman–Crippen MR) is 123 cm³/mol. The summed E-state index contributed by atoms with van der Waals surface area (Å²) in [5.41, 5.74) is 0. The molecule has 0 heterocycles. The number of carbonyl (C=O) groups excluding carboxylic acids is 1. The molecule has 0 radical (unpaired) electrons. The summed E-state index contributed by atoms with van der Waals surface area (Å²) in [6.45, 7) is 9.34. The molecule has 0 N–H and O–H groups in total. The van der Waals surface area contributed by atoms with Crippen LogP contribution in [-0.2, 0) is 9.22 Å². The summed E-state index contributed by atoms with van der Waals surface area (Å²) in [6.07, 6.45) is 2.54. The molecule has 1 fully saturated rings. The normalized spacial score (nSPS) is 16.0. The Morgan fingerprint density at radius 3 is 1.93 bits per heavy atom. The van der Waals surface area contributed by atoms with Crippen molar-refractivity contribution in [2.45, 2.75) is 45.6 Å². The second-order valence-electron chi connectivity index (χ2n) is 8.87. The van der Waals surface area contributed by atoms with E-state index in [4.69, 9.17) is 4.43 Å². The Morgan fingerprint density at radius 1 is 1.04 bits per heavy atom. The lowest BCUT2D eigenvalue weighted by molar-refractivity contribution is -0.109. The molecule has 2 aromatic rings. The van der Waals surface area contributed by atoms with Crippen LogP contribution < -0.4 is 10.4 Å². The molecule has 4 heteroatoms. The van der Waals surface area contributed by atoms with Gasteiger partial charge in [-0.3, -0.25) is 4.79 Å². The Labute approximate surface area is 175 Å². The van der Waals surface area contributed by atoms with Gasteiger partial charge in [0.05, 0.1) is 0 Å². The van der Waals surface area contributed by atoms with E-state index in [9.17, 15) is 4.79 Å². The molecule has 0 spiro atoms. The van der Waals surface area contributed by atoms with Gasteiger partial charge in [0.2, 0.25) is 0 Å². The van der Waals surface area contributed by atoms with Gasteiger partial charge in [0.15, 0.2) is 5.12 Å². The summed E-state index contributed by atoms with van der Waals surface area (Å²) in [7, 11) is -2.48. The smallest absolute Gasteiger partial charge is 0.261 e. The van der Waals surface area contributed by atoms with Crippen molar-refractivity contribution < 1.29 is 9.22 Å². The van der Waals surface area contributed by atoms with Crippen molar-refractivity contribution in [2.75, 3.05) is 12.4 Å². The van der Waals surface area contributed by atoms with Crippen LogP contribution in [0.1, 0.15) is 40.5 Å². The maximum Gasteiger partial charge on any atom is 0.261 e. The van der Waals surface area contributed by atoms with Gasteiger partial charge in [-0.25, -0.2) is 0 Å². The van der Waals surface area contributed by atoms with Crippen LogP contribution in [0, 0.1) is 11.8 Å². The van der Waals surface area contributed by atoms with Crippen LogP contribution in [-0.4, -0.2) is 25.8 Å². The molecule has 2 nitrogen and oxygen atoms in total. The van der Waals surface area contributed by atoms with Gasteiger partial charge in [0.1, 0.15) is 0 Å². The Kier molecular flexibility index (Phi) is 6.84. The topological polar surface area (TPSA) is 26.3 Å². The Bertz CT molecular complexity index is 727. The van der Waals surface area contributed by atoms with Gasteiger partial charge < -0.3 is 4.43 Å². The van der Waals surface area contributed by atoms with E-state index in [2.05, 4.69) is 81.4 Å². The van der Waals surface area contributed by atoms with Crippen LogP contribution in [0.5, 0.6) is 0 Å². The van der Waals surface area contributed by atoms with E-state index >= 15 is 0 Å². The molecule has 1 unspecified atom stereocenters. The minimum atomic E-state index is -2.48. The average molecular weight is 413 g/mol. The molecule has 0 aromatic heterocycles. The van der Waals surface area contributed by atoms with E-state index in [-0.39, 0.29) is 10.2 Å². The van der Waals surface area contributed by atoms with Crippen molar-refractivity contribution >= 4 is 35.6 Å². The number of thioether (sulfide) groups is 1. The fraction of sp³-hybridized carbons (Fsp3) is 0.458. The van der Waals surface area contributed by atoms with Crippen LogP contribution in [0.4, 0.5) is 0 Å². The molecule has 150 valence electrons. The quantitative estimate of drug-likeness (QED) is 0.579. The highest BCUT2D eigenvalue weighted by Crippen LogP contribution is 2.41. The molecule has 1 aliphatic rings. The fourth-order valence-corrected chi connectivity index (χ4v) is 9.54. The van der Waals surface area contributed by atoms with Gasteiger partial charge in [-0.05, 0) is 40.1 Å². The molecule has 0 saturated heterocycles. The summed E-state index contributed by atoms with van der Waals surface area (Å²) in [5.74, 6) is 2.04. The second kappa shape index (κ2) is 8.98. The van der Waals surface area contributed by atoms with E-state index in [1.807, 2.05) is 0 Å². The van der Waals surface area contributed by atoms with Crippen LogP contribution >= 0.6 is 11.8 Å². The zero-order valence-electron chi connectivity index (χ0n) is 17.5. The van der Waals surface area contributed by atoms with Gasteiger partial charge in [-0.15, -0.1) is 0 Å². The fourth-order valence-electron chi connectivity index (χ4n) is 4.11. The second-order valence-corrected chi connectivity index (χ2v) is 14.4. The van der Waals surface area contributed by atoms with Gasteiger partial charge >= 0.3 is 0 Å². The minimum Gasteiger partial charge on any atom is -0.407 e. The summed E-state index contributed by atoms with van der Waals surface area (Å²) < 4.78 is 7.08. The van der Waals surface area contributed by atoms with Crippen LogP contribution in [0.15, 0.2) is 60.7 Å². The zero-order valence-corrected chi connectivity index (χ0v) is 19.3. The molecule has 1 atom stereocenters. The first kappa shape index (κ1) is 21.3. The number of hydrogen-bond donors (Lipinski definition) is 0. The first-order valence-corrected chi connectivity index (χ1v) is 13.1. The highest BCUT2D eigenvalue weighted by Gasteiger charge is 2.50. The number of benzene rings is 2. The van der Waals surface area contributed by atoms with E-state index in [1.165, 1.54) is 35.0 Å². The Balaban J connectivity index is 1.97. The SMILES string of the molecule is CC(=O)SCC(CO[Si](c1ccccc1)(c1ccccc1)C(C)(C)C)C1CC1. The van der Waals surface area contributed by atoms with E-state index in [0.29, 0.717) is 11.8 Å². The summed E-state index contributed by atoms with van der Waals surface area (Å²) >= 11 is 1.45. The third-order valence-electron chi connectivity index (χ3n) is 5.72. The van der Waals surface area contributed by atoms with Crippen molar-refractivity contribution in [3.8, 4) is 0 Å². The first-order valence-electron chi connectivity index (χ1n) is 10.2. The van der Waals surface area contributed by atoms with Crippen molar-refractivity contribution in [1.29, 1.82) is 0 Å². The van der Waals surface area contributed by atoms with E-state index in [1.54, 1.807) is 6.92 Å². The maximum absolute atomic E-state index is 11.5. The average Bonchev–Trinajstić information content (AvgIpc) is 3.50. The van der Waals surface area contributed by atoms with Crippen molar-refractivity contribution in [2.24, 2.45) is 11.8 Å². The monoisotopic (exact) mass is 412 g/mol. The molecule has 28 heavy (non-hydrogen) atoms. The Hall–Kier alpha value is -1.36. The van der Waals surface area contributed by atoms with Crippen LogP contribution in [0.25, 0.3) is 0 Å². The highest BCUT2D eigenvalue weighted by atomic mass is 32.2. The van der Waals surface area contributed by atoms with Gasteiger partial charge in [0, 0.05) is 19.3 Å². The molecule has 0 aliphatic heterocycles. The molecule has 2 aromatic carbocycles. The standard InChI is InChI=1S/C24H32O2SSi/c1-19(25)27-18-21(20-15-16-20)17-26-28(24(2,3)4,22-11-7-5-8-12-22)23-13-9-6-10-14-23/h5-14,20-21H,15-18H2,1-4H3. The van der Waals surface area contributed by atoms with Gasteiger partial charge in [0.25, 0.3) is 8.32 Å². The lowest BCUT2D eigenvalue weighted by Gasteiger charge is -2.43. The van der Waals surface area contributed by atoms with Crippen LogP contribution in [0.3, 0.4) is 0 Å². The lowest BCUT2D eigenvalue weighted by Crippen LogP contribution is -2.67. The minimum absolute atomic E-state index is 0.00245. The Morgan fingerprint density at radius 2 is 1.54 bits per heavy atom. The maximum atomic E-state index is 11.5. The summed E-state index contributed by atoms with van der Waals surface area (Å²) in [4.78, 5) is 11.5. The number of rotatable bonds is 8.